The molecule has 0 aliphatic carbocycles. The van der Waals surface area contributed by atoms with Gasteiger partial charge >= 0.3 is 0 Å². The molecule has 6 nitrogen and oxygen atoms in total. The summed E-state index contributed by atoms with van der Waals surface area (Å²) in [5.74, 6) is 1.51. The van der Waals surface area contributed by atoms with Gasteiger partial charge in [-0.15, -0.1) is 0 Å². The average molecular weight is 274 g/mol. The minimum atomic E-state index is -0.0402. The fraction of sp³-hybridized carbons (Fsp3) is 0.429. The highest BCUT2D eigenvalue weighted by Gasteiger charge is 2.10. The van der Waals surface area contributed by atoms with Crippen LogP contribution in [0, 0.1) is 0 Å². The molecule has 0 bridgehead atoms. The summed E-state index contributed by atoms with van der Waals surface area (Å²) in [5, 5.41) is 6.67. The zero-order valence-electron chi connectivity index (χ0n) is 11.7. The zero-order chi connectivity index (χ0) is 14.4. The summed E-state index contributed by atoms with van der Waals surface area (Å²) in [6.45, 7) is 4.02. The molecule has 1 amide bonds. The van der Waals surface area contributed by atoms with E-state index in [1.54, 1.807) is 24.5 Å². The summed E-state index contributed by atoms with van der Waals surface area (Å²) in [6.07, 6.45) is 4.97. The van der Waals surface area contributed by atoms with Gasteiger partial charge in [-0.25, -0.2) is 0 Å². The summed E-state index contributed by atoms with van der Waals surface area (Å²) in [5.41, 5.74) is 0.706. The van der Waals surface area contributed by atoms with E-state index >= 15 is 0 Å². The van der Waals surface area contributed by atoms with Gasteiger partial charge in [-0.05, 0) is 18.6 Å². The van der Waals surface area contributed by atoms with Gasteiger partial charge in [0.1, 0.15) is 0 Å². The molecular weight excluding hydrogens is 256 g/mol. The fourth-order valence-corrected chi connectivity index (χ4v) is 1.66. The molecule has 0 aliphatic heterocycles. The molecule has 1 N–H and O–H groups in total. The van der Waals surface area contributed by atoms with Crippen molar-refractivity contribution in [1.82, 2.24) is 15.1 Å². The van der Waals surface area contributed by atoms with Crippen molar-refractivity contribution in [2.24, 2.45) is 0 Å². The Bertz CT molecular complexity index is 551. The van der Waals surface area contributed by atoms with Crippen molar-refractivity contribution in [1.29, 1.82) is 0 Å². The third-order valence-corrected chi connectivity index (χ3v) is 2.74. The van der Waals surface area contributed by atoms with Crippen LogP contribution in [0.4, 0.5) is 5.69 Å². The first-order valence-corrected chi connectivity index (χ1v) is 6.67. The maximum atomic E-state index is 11.7. The molecule has 0 aliphatic rings. The van der Waals surface area contributed by atoms with E-state index in [9.17, 15) is 4.79 Å². The van der Waals surface area contributed by atoms with Crippen LogP contribution in [0.15, 0.2) is 29.0 Å². The lowest BCUT2D eigenvalue weighted by Gasteiger charge is -2.03. The number of anilines is 1. The van der Waals surface area contributed by atoms with Crippen LogP contribution in [0.1, 0.15) is 44.3 Å². The van der Waals surface area contributed by atoms with E-state index in [0.29, 0.717) is 36.7 Å². The van der Waals surface area contributed by atoms with Crippen LogP contribution in [0.5, 0.6) is 0 Å². The van der Waals surface area contributed by atoms with E-state index in [1.165, 1.54) is 0 Å². The fourth-order valence-electron chi connectivity index (χ4n) is 1.66. The Kier molecular flexibility index (Phi) is 4.81. The molecule has 0 saturated heterocycles. The van der Waals surface area contributed by atoms with Crippen LogP contribution in [0.2, 0.25) is 0 Å². The average Bonchev–Trinajstić information content (AvgIpc) is 2.89. The second kappa shape index (κ2) is 6.79. The van der Waals surface area contributed by atoms with E-state index < -0.39 is 0 Å². The lowest BCUT2D eigenvalue weighted by atomic mass is 10.2. The number of hydrogen-bond acceptors (Lipinski definition) is 5. The number of carbonyl (C=O) groups excluding carboxylic acids is 1. The van der Waals surface area contributed by atoms with E-state index in [0.717, 1.165) is 0 Å². The van der Waals surface area contributed by atoms with Crippen LogP contribution in [0.3, 0.4) is 0 Å². The molecule has 2 heterocycles. The van der Waals surface area contributed by atoms with Gasteiger partial charge in [-0.2, -0.15) is 4.98 Å². The molecule has 2 aromatic heterocycles. The number of amides is 1. The number of aryl methyl sites for hydroxylation is 1. The van der Waals surface area contributed by atoms with E-state index in [-0.39, 0.29) is 11.8 Å². The Balaban J connectivity index is 1.73. The van der Waals surface area contributed by atoms with Crippen molar-refractivity contribution in [2.75, 3.05) is 5.32 Å². The van der Waals surface area contributed by atoms with Crippen molar-refractivity contribution >= 4 is 11.6 Å². The zero-order valence-corrected chi connectivity index (χ0v) is 11.7. The molecular formula is C14H18N4O2. The molecule has 0 aromatic carbocycles. The molecule has 106 valence electrons. The largest absolute Gasteiger partial charge is 0.339 e. The van der Waals surface area contributed by atoms with Crippen LogP contribution >= 0.6 is 0 Å². The third kappa shape index (κ3) is 4.15. The molecule has 0 saturated carbocycles. The molecule has 0 radical (unpaired) electrons. The van der Waals surface area contributed by atoms with Crippen molar-refractivity contribution < 1.29 is 9.32 Å². The first kappa shape index (κ1) is 14.2. The van der Waals surface area contributed by atoms with Crippen molar-refractivity contribution in [3.63, 3.8) is 0 Å². The highest BCUT2D eigenvalue weighted by atomic mass is 16.5. The van der Waals surface area contributed by atoms with Gasteiger partial charge in [0.25, 0.3) is 0 Å². The van der Waals surface area contributed by atoms with Crippen molar-refractivity contribution in [2.45, 2.75) is 39.0 Å². The van der Waals surface area contributed by atoms with Crippen LogP contribution in [0.25, 0.3) is 0 Å². The highest BCUT2D eigenvalue weighted by molar-refractivity contribution is 5.90. The summed E-state index contributed by atoms with van der Waals surface area (Å²) in [4.78, 5) is 19.9. The topological polar surface area (TPSA) is 80.9 Å². The van der Waals surface area contributed by atoms with E-state index in [4.69, 9.17) is 4.52 Å². The number of hydrogen-bond donors (Lipinski definition) is 1. The Morgan fingerprint density at radius 1 is 1.45 bits per heavy atom. The minimum Gasteiger partial charge on any atom is -0.339 e. The molecule has 20 heavy (non-hydrogen) atoms. The Morgan fingerprint density at radius 3 is 2.95 bits per heavy atom. The van der Waals surface area contributed by atoms with Gasteiger partial charge < -0.3 is 9.84 Å². The molecule has 0 atom stereocenters. The number of carbonyl (C=O) groups is 1. The minimum absolute atomic E-state index is 0.0402. The van der Waals surface area contributed by atoms with E-state index in [2.05, 4.69) is 20.4 Å². The van der Waals surface area contributed by atoms with Crippen molar-refractivity contribution in [3.05, 3.63) is 36.2 Å². The lowest BCUT2D eigenvalue weighted by Crippen LogP contribution is -2.11. The summed E-state index contributed by atoms with van der Waals surface area (Å²) < 4.78 is 5.12. The third-order valence-electron chi connectivity index (χ3n) is 2.74. The summed E-state index contributed by atoms with van der Waals surface area (Å²) in [7, 11) is 0. The quantitative estimate of drug-likeness (QED) is 0.875. The predicted molar refractivity (Wildman–Crippen MR) is 74.2 cm³/mol. The maximum absolute atomic E-state index is 11.7. The van der Waals surface area contributed by atoms with Crippen LogP contribution in [-0.4, -0.2) is 21.0 Å². The Hall–Kier alpha value is -2.24. The lowest BCUT2D eigenvalue weighted by molar-refractivity contribution is -0.116. The number of rotatable bonds is 6. The summed E-state index contributed by atoms with van der Waals surface area (Å²) >= 11 is 0. The predicted octanol–water partition coefficient (Wildman–Crippen LogP) is 2.55. The van der Waals surface area contributed by atoms with Crippen molar-refractivity contribution in [3.8, 4) is 0 Å². The van der Waals surface area contributed by atoms with Gasteiger partial charge in [-0.3, -0.25) is 9.78 Å². The van der Waals surface area contributed by atoms with Gasteiger partial charge in [0.05, 0.1) is 11.9 Å². The summed E-state index contributed by atoms with van der Waals surface area (Å²) in [6, 6.07) is 3.58. The molecule has 6 heteroatoms. The molecule has 0 spiro atoms. The standard InChI is InChI=1S/C14H18N4O2/c1-10(2)14-17-13(20-18-14)7-3-6-12(19)16-11-5-4-8-15-9-11/h4-5,8-10H,3,6-7H2,1-2H3,(H,16,19). The second-order valence-corrected chi connectivity index (χ2v) is 4.84. The van der Waals surface area contributed by atoms with E-state index in [1.807, 2.05) is 13.8 Å². The monoisotopic (exact) mass is 274 g/mol. The smallest absolute Gasteiger partial charge is 0.226 e. The maximum Gasteiger partial charge on any atom is 0.226 e. The first-order valence-electron chi connectivity index (χ1n) is 6.67. The van der Waals surface area contributed by atoms with Crippen LogP contribution in [-0.2, 0) is 11.2 Å². The SMILES string of the molecule is CC(C)c1noc(CCCC(=O)Nc2cccnc2)n1. The number of pyridine rings is 1. The molecule has 0 unspecified atom stereocenters. The number of nitrogens with one attached hydrogen (secondary N) is 1. The van der Waals surface area contributed by atoms with Gasteiger partial charge in [0.15, 0.2) is 5.82 Å². The highest BCUT2D eigenvalue weighted by Crippen LogP contribution is 2.11. The van der Waals surface area contributed by atoms with Gasteiger partial charge in [0.2, 0.25) is 11.8 Å². The first-order chi connectivity index (χ1) is 9.65. The number of aromatic nitrogens is 3. The van der Waals surface area contributed by atoms with Gasteiger partial charge in [-0.1, -0.05) is 19.0 Å². The number of nitrogens with zero attached hydrogens (tertiary/aromatic N) is 3. The Morgan fingerprint density at radius 2 is 2.30 bits per heavy atom. The normalized spacial score (nSPS) is 10.8. The molecule has 2 rings (SSSR count). The molecule has 0 fully saturated rings. The van der Waals surface area contributed by atoms with Gasteiger partial charge in [0, 0.05) is 25.0 Å². The van der Waals surface area contributed by atoms with Crippen LogP contribution < -0.4 is 5.32 Å². The Labute approximate surface area is 117 Å². The second-order valence-electron chi connectivity index (χ2n) is 4.84. The molecule has 2 aromatic rings.